The minimum absolute atomic E-state index is 0.0852. The first kappa shape index (κ1) is 22.2. The van der Waals surface area contributed by atoms with Gasteiger partial charge in [-0.15, -0.1) is 16.7 Å². The maximum Gasteiger partial charge on any atom is 0.412 e. The molecule has 0 saturated heterocycles. The van der Waals surface area contributed by atoms with E-state index in [4.69, 9.17) is 21.2 Å². The van der Waals surface area contributed by atoms with Crippen molar-refractivity contribution in [2.45, 2.75) is 19.4 Å². The van der Waals surface area contributed by atoms with E-state index >= 15 is 0 Å². The first-order valence-electron chi connectivity index (χ1n) is 9.61. The van der Waals surface area contributed by atoms with Crippen molar-refractivity contribution in [1.29, 1.82) is 0 Å². The van der Waals surface area contributed by atoms with E-state index < -0.39 is 6.09 Å². The van der Waals surface area contributed by atoms with Crippen LogP contribution in [0.5, 0.6) is 0 Å². The smallest absolute Gasteiger partial charge is 0.412 e. The molecular weight excluding hydrogens is 422 g/mol. The van der Waals surface area contributed by atoms with Crippen LogP contribution in [0.15, 0.2) is 53.7 Å². The van der Waals surface area contributed by atoms with Crippen LogP contribution in [-0.2, 0) is 23.2 Å². The van der Waals surface area contributed by atoms with Crippen LogP contribution in [0, 0.1) is 0 Å². The van der Waals surface area contributed by atoms with Crippen LogP contribution >= 0.6 is 11.6 Å². The molecule has 0 fully saturated rings. The zero-order valence-corrected chi connectivity index (χ0v) is 17.7. The standard InChI is InChI=1S/C20H22ClN7O3/c1-28-19(24-26-27-28)18(15-8-3-2-4-9-15)25-31-14-16-10-7-11-17(22-16)23-20(29)30-13-6-5-12-21/h2-4,7-11H,5-6,12-14H2,1H3,(H,22,23,29). The van der Waals surface area contributed by atoms with Gasteiger partial charge in [-0.25, -0.2) is 14.5 Å². The summed E-state index contributed by atoms with van der Waals surface area (Å²) in [5, 5.41) is 18.3. The average molecular weight is 444 g/mol. The van der Waals surface area contributed by atoms with Gasteiger partial charge in [-0.1, -0.05) is 41.6 Å². The first-order chi connectivity index (χ1) is 15.2. The lowest BCUT2D eigenvalue weighted by Crippen LogP contribution is -2.15. The van der Waals surface area contributed by atoms with Crippen molar-refractivity contribution in [3.8, 4) is 0 Å². The van der Waals surface area contributed by atoms with Crippen molar-refractivity contribution >= 4 is 29.2 Å². The first-order valence-corrected chi connectivity index (χ1v) is 10.1. The predicted octanol–water partition coefficient (Wildman–Crippen LogP) is 3.14. The molecule has 0 spiro atoms. The summed E-state index contributed by atoms with van der Waals surface area (Å²) in [5.41, 5.74) is 1.87. The molecule has 0 radical (unpaired) electrons. The van der Waals surface area contributed by atoms with Gasteiger partial charge in [-0.2, -0.15) is 0 Å². The van der Waals surface area contributed by atoms with Crippen molar-refractivity contribution in [1.82, 2.24) is 25.2 Å². The molecule has 0 saturated carbocycles. The number of hydrogen-bond acceptors (Lipinski definition) is 8. The number of ether oxygens (including phenoxy) is 1. The van der Waals surface area contributed by atoms with Crippen LogP contribution < -0.4 is 5.32 Å². The summed E-state index contributed by atoms with van der Waals surface area (Å²) in [4.78, 5) is 21.7. The Morgan fingerprint density at radius 2 is 2.00 bits per heavy atom. The number of halogens is 1. The normalized spacial score (nSPS) is 11.2. The van der Waals surface area contributed by atoms with Gasteiger partial charge in [-0.05, 0) is 35.4 Å². The van der Waals surface area contributed by atoms with Gasteiger partial charge < -0.3 is 9.57 Å². The number of aromatic nitrogens is 5. The summed E-state index contributed by atoms with van der Waals surface area (Å²) in [6.07, 6.45) is 0.927. The lowest BCUT2D eigenvalue weighted by molar-refractivity contribution is 0.128. The van der Waals surface area contributed by atoms with Gasteiger partial charge in [0.25, 0.3) is 0 Å². The predicted molar refractivity (Wildman–Crippen MR) is 115 cm³/mol. The summed E-state index contributed by atoms with van der Waals surface area (Å²) in [6, 6.07) is 14.6. The number of hydrogen-bond donors (Lipinski definition) is 1. The van der Waals surface area contributed by atoms with E-state index in [1.165, 1.54) is 4.68 Å². The molecule has 0 unspecified atom stereocenters. The second-order valence-corrected chi connectivity index (χ2v) is 6.75. The van der Waals surface area contributed by atoms with Crippen molar-refractivity contribution in [2.75, 3.05) is 17.8 Å². The monoisotopic (exact) mass is 443 g/mol. The number of aryl methyl sites for hydroxylation is 1. The maximum absolute atomic E-state index is 11.8. The average Bonchev–Trinajstić information content (AvgIpc) is 3.21. The van der Waals surface area contributed by atoms with Gasteiger partial charge in [-0.3, -0.25) is 5.32 Å². The highest BCUT2D eigenvalue weighted by atomic mass is 35.5. The van der Waals surface area contributed by atoms with E-state index in [1.807, 2.05) is 30.3 Å². The molecule has 1 amide bonds. The molecule has 11 heteroatoms. The molecule has 31 heavy (non-hydrogen) atoms. The van der Waals surface area contributed by atoms with E-state index in [0.29, 0.717) is 42.0 Å². The molecule has 1 N–H and O–H groups in total. The summed E-state index contributed by atoms with van der Waals surface area (Å²) >= 11 is 5.60. The van der Waals surface area contributed by atoms with Crippen LogP contribution in [0.25, 0.3) is 0 Å². The third kappa shape index (κ3) is 6.75. The Morgan fingerprint density at radius 3 is 2.74 bits per heavy atom. The summed E-state index contributed by atoms with van der Waals surface area (Å²) in [6.45, 7) is 0.386. The number of amides is 1. The largest absolute Gasteiger partial charge is 0.449 e. The fraction of sp³-hybridized carbons (Fsp3) is 0.300. The number of carbonyl (C=O) groups excluding carboxylic acids is 1. The van der Waals surface area contributed by atoms with Gasteiger partial charge in [0.15, 0.2) is 12.3 Å². The highest BCUT2D eigenvalue weighted by Gasteiger charge is 2.15. The molecule has 2 aromatic heterocycles. The molecule has 162 valence electrons. The molecule has 2 heterocycles. The Morgan fingerprint density at radius 1 is 1.16 bits per heavy atom. The number of anilines is 1. The van der Waals surface area contributed by atoms with Gasteiger partial charge in [0, 0.05) is 18.5 Å². The second-order valence-electron chi connectivity index (χ2n) is 6.38. The van der Waals surface area contributed by atoms with Gasteiger partial charge in [0.05, 0.1) is 12.3 Å². The molecule has 0 bridgehead atoms. The number of alkyl halides is 1. The third-order valence-electron chi connectivity index (χ3n) is 4.05. The molecular formula is C20H22ClN7O3. The Kier molecular flexibility index (Phi) is 8.29. The van der Waals surface area contributed by atoms with E-state index in [1.54, 1.807) is 25.2 Å². The lowest BCUT2D eigenvalue weighted by Gasteiger charge is -2.08. The maximum atomic E-state index is 11.8. The summed E-state index contributed by atoms with van der Waals surface area (Å²) < 4.78 is 6.59. The van der Waals surface area contributed by atoms with Crippen LogP contribution in [0.3, 0.4) is 0 Å². The van der Waals surface area contributed by atoms with Crippen molar-refractivity contribution < 1.29 is 14.4 Å². The molecule has 3 aromatic rings. The zero-order valence-electron chi connectivity index (χ0n) is 16.9. The van der Waals surface area contributed by atoms with Crippen LogP contribution in [0.2, 0.25) is 0 Å². The van der Waals surface area contributed by atoms with Gasteiger partial charge in [0.2, 0.25) is 5.82 Å². The van der Waals surface area contributed by atoms with E-state index in [2.05, 4.69) is 31.0 Å². The minimum Gasteiger partial charge on any atom is -0.449 e. The Balaban J connectivity index is 1.63. The van der Waals surface area contributed by atoms with E-state index in [-0.39, 0.29) is 6.61 Å². The third-order valence-corrected chi connectivity index (χ3v) is 4.31. The van der Waals surface area contributed by atoms with Crippen LogP contribution in [0.4, 0.5) is 10.6 Å². The quantitative estimate of drug-likeness (QED) is 0.221. The number of pyridine rings is 1. The van der Waals surface area contributed by atoms with Crippen LogP contribution in [-0.4, -0.2) is 49.5 Å². The van der Waals surface area contributed by atoms with Gasteiger partial charge in [0.1, 0.15) is 5.82 Å². The number of nitrogens with zero attached hydrogens (tertiary/aromatic N) is 6. The molecule has 0 atom stereocenters. The van der Waals surface area contributed by atoms with Gasteiger partial charge >= 0.3 is 6.09 Å². The van der Waals surface area contributed by atoms with Crippen LogP contribution in [0.1, 0.15) is 29.9 Å². The Hall–Kier alpha value is -3.53. The molecule has 3 rings (SSSR count). The SMILES string of the molecule is Cn1nnnc1C(=NOCc1cccc(NC(=O)OCCCCCl)n1)c1ccccc1. The minimum atomic E-state index is -0.570. The second kappa shape index (κ2) is 11.6. The number of nitrogens with one attached hydrogen (secondary N) is 1. The highest BCUT2D eigenvalue weighted by Crippen LogP contribution is 2.10. The highest BCUT2D eigenvalue weighted by molar-refractivity contribution is 6.17. The number of carbonyl (C=O) groups is 1. The summed E-state index contributed by atoms with van der Waals surface area (Å²) in [5.74, 6) is 1.36. The Bertz CT molecular complexity index is 1010. The molecule has 1 aromatic carbocycles. The fourth-order valence-corrected chi connectivity index (χ4v) is 2.73. The lowest BCUT2D eigenvalue weighted by atomic mass is 10.1. The number of unbranched alkanes of at least 4 members (excludes halogenated alkanes) is 1. The zero-order chi connectivity index (χ0) is 21.9. The van der Waals surface area contributed by atoms with E-state index in [0.717, 1.165) is 12.0 Å². The fourth-order valence-electron chi connectivity index (χ4n) is 2.54. The molecule has 10 nitrogen and oxygen atoms in total. The number of rotatable bonds is 10. The number of benzene rings is 1. The van der Waals surface area contributed by atoms with Crippen molar-refractivity contribution in [2.24, 2.45) is 12.2 Å². The molecule has 0 aliphatic carbocycles. The van der Waals surface area contributed by atoms with Crippen molar-refractivity contribution in [3.63, 3.8) is 0 Å². The Labute approximate surface area is 184 Å². The van der Waals surface area contributed by atoms with E-state index in [9.17, 15) is 4.79 Å². The topological polar surface area (TPSA) is 116 Å². The van der Waals surface area contributed by atoms with Crippen molar-refractivity contribution in [3.05, 3.63) is 65.6 Å². The molecule has 0 aliphatic heterocycles. The molecule has 0 aliphatic rings. The number of tetrazole rings is 1. The summed E-state index contributed by atoms with van der Waals surface area (Å²) in [7, 11) is 1.72. The number of oxime groups is 1.